The van der Waals surface area contributed by atoms with Crippen molar-refractivity contribution in [1.82, 2.24) is 24.8 Å². The van der Waals surface area contributed by atoms with Crippen LogP contribution in [0.4, 0.5) is 10.2 Å². The fraction of sp³-hybridized carbons (Fsp3) is 0.308. The molecule has 0 spiro atoms. The Morgan fingerprint density at radius 3 is 2.92 bits per heavy atom. The lowest BCUT2D eigenvalue weighted by Gasteiger charge is -2.33. The number of carbonyl (C=O) groups excluding carboxylic acids is 1. The fourth-order valence-corrected chi connectivity index (χ4v) is 4.74. The van der Waals surface area contributed by atoms with Gasteiger partial charge in [0.1, 0.15) is 17.1 Å². The number of hydrogen-bond acceptors (Lipinski definition) is 7. The van der Waals surface area contributed by atoms with Crippen LogP contribution in [-0.4, -0.2) is 64.6 Å². The minimum Gasteiger partial charge on any atom is -0.497 e. The van der Waals surface area contributed by atoms with Crippen molar-refractivity contribution in [2.24, 2.45) is 5.92 Å². The number of rotatable bonds is 7. The van der Waals surface area contributed by atoms with Gasteiger partial charge in [0.2, 0.25) is 0 Å². The van der Waals surface area contributed by atoms with Gasteiger partial charge in [0, 0.05) is 49.0 Å². The second kappa shape index (κ2) is 10.6. The van der Waals surface area contributed by atoms with Crippen molar-refractivity contribution in [2.45, 2.75) is 12.8 Å². The average molecular weight is 525 g/mol. The highest BCUT2D eigenvalue weighted by molar-refractivity contribution is 6.31. The number of nitrogens with one attached hydrogen (secondary N) is 2. The third-order valence-corrected chi connectivity index (χ3v) is 6.69. The summed E-state index contributed by atoms with van der Waals surface area (Å²) in [4.78, 5) is 30.9. The molecule has 4 aromatic rings. The number of fused-ring (bicyclic) bond motifs is 1. The zero-order valence-electron chi connectivity index (χ0n) is 20.4. The first kappa shape index (κ1) is 24.8. The Morgan fingerprint density at radius 1 is 1.24 bits per heavy atom. The molecule has 1 amide bonds. The predicted octanol–water partition coefficient (Wildman–Crippen LogP) is 4.79. The Bertz CT molecular complexity index is 1450. The number of pyridine rings is 1. The van der Waals surface area contributed by atoms with Gasteiger partial charge in [0.15, 0.2) is 17.5 Å². The number of amides is 1. The summed E-state index contributed by atoms with van der Waals surface area (Å²) in [5.74, 6) is 1.01. The molecule has 0 aliphatic carbocycles. The summed E-state index contributed by atoms with van der Waals surface area (Å²) < 4.78 is 25.2. The molecule has 1 fully saturated rings. The number of aromatic amines is 1. The minimum atomic E-state index is -0.550. The van der Waals surface area contributed by atoms with Crippen molar-refractivity contribution in [3.05, 3.63) is 59.3 Å². The molecule has 37 heavy (non-hydrogen) atoms. The monoisotopic (exact) mass is 524 g/mol. The number of carbonyl (C=O) groups is 1. The largest absolute Gasteiger partial charge is 0.497 e. The second-order valence-corrected chi connectivity index (χ2v) is 9.29. The molecule has 9 nitrogen and oxygen atoms in total. The second-order valence-electron chi connectivity index (χ2n) is 8.85. The third kappa shape index (κ3) is 5.15. The fourth-order valence-electron chi connectivity index (χ4n) is 4.59. The Hall–Kier alpha value is -3.92. The van der Waals surface area contributed by atoms with Gasteiger partial charge in [0.25, 0.3) is 5.91 Å². The van der Waals surface area contributed by atoms with Gasteiger partial charge in [-0.25, -0.2) is 19.3 Å². The number of H-pyrrole nitrogens is 1. The van der Waals surface area contributed by atoms with Crippen molar-refractivity contribution >= 4 is 34.4 Å². The van der Waals surface area contributed by atoms with Gasteiger partial charge in [-0.2, -0.15) is 0 Å². The topological polar surface area (TPSA) is 105 Å². The summed E-state index contributed by atoms with van der Waals surface area (Å²) in [5, 5.41) is 4.36. The molecule has 0 radical (unpaired) electrons. The van der Waals surface area contributed by atoms with Crippen LogP contribution in [0.1, 0.15) is 23.2 Å². The molecule has 1 aromatic carbocycles. The molecular formula is C26H26ClFN6O3. The van der Waals surface area contributed by atoms with Crippen LogP contribution < -0.4 is 14.8 Å². The molecule has 5 rings (SSSR count). The number of methoxy groups -OCH3 is 2. The molecule has 2 N–H and O–H groups in total. The minimum absolute atomic E-state index is 0.105. The molecule has 1 saturated heterocycles. The molecule has 1 unspecified atom stereocenters. The first-order chi connectivity index (χ1) is 18.0. The number of piperidine rings is 1. The van der Waals surface area contributed by atoms with Crippen LogP contribution in [-0.2, 0) is 0 Å². The van der Waals surface area contributed by atoms with Gasteiger partial charge in [-0.15, -0.1) is 0 Å². The Balaban J connectivity index is 1.29. The molecule has 1 atom stereocenters. The number of anilines is 1. The first-order valence-corrected chi connectivity index (χ1v) is 12.3. The van der Waals surface area contributed by atoms with Crippen molar-refractivity contribution in [2.75, 3.05) is 39.2 Å². The van der Waals surface area contributed by atoms with E-state index in [9.17, 15) is 9.18 Å². The smallest absolute Gasteiger partial charge is 0.257 e. The molecular weight excluding hydrogens is 499 g/mol. The SMILES string of the molecule is COc1ccc(C(=O)N2CCCC(CNc3nc(-c4c[nH]c5ncc(Cl)cc45)ncc3F)C2)c(OC)c1. The van der Waals surface area contributed by atoms with Crippen molar-refractivity contribution in [3.8, 4) is 22.9 Å². The van der Waals surface area contributed by atoms with E-state index in [-0.39, 0.29) is 17.6 Å². The molecule has 3 aromatic heterocycles. The van der Waals surface area contributed by atoms with E-state index < -0.39 is 5.82 Å². The lowest BCUT2D eigenvalue weighted by atomic mass is 9.97. The Kier molecular flexibility index (Phi) is 7.09. The van der Waals surface area contributed by atoms with Gasteiger partial charge in [-0.3, -0.25) is 4.79 Å². The highest BCUT2D eigenvalue weighted by Gasteiger charge is 2.27. The summed E-state index contributed by atoms with van der Waals surface area (Å²) in [6.45, 7) is 1.64. The maximum Gasteiger partial charge on any atom is 0.257 e. The van der Waals surface area contributed by atoms with Crippen LogP contribution in [0.3, 0.4) is 0 Å². The first-order valence-electron chi connectivity index (χ1n) is 11.9. The van der Waals surface area contributed by atoms with Crippen LogP contribution in [0.2, 0.25) is 5.02 Å². The van der Waals surface area contributed by atoms with Crippen molar-refractivity contribution in [1.29, 1.82) is 0 Å². The molecule has 11 heteroatoms. The molecule has 4 heterocycles. The van der Waals surface area contributed by atoms with Crippen LogP contribution in [0.15, 0.2) is 42.9 Å². The van der Waals surface area contributed by atoms with Crippen LogP contribution in [0.5, 0.6) is 11.5 Å². The molecule has 192 valence electrons. The standard InChI is InChI=1S/C26H26ClFN6O3/c1-36-17-5-6-18(22(9-17)37-2)26(35)34-7-3-4-15(14-34)10-29-25-21(28)13-32-24(33-25)20-12-31-23-19(20)8-16(27)11-30-23/h5-6,8-9,11-13,15H,3-4,7,10,14H2,1-2H3,(H,30,31)(H,29,32,33). The van der Waals surface area contributed by atoms with Crippen LogP contribution in [0, 0.1) is 11.7 Å². The highest BCUT2D eigenvalue weighted by Crippen LogP contribution is 2.30. The van der Waals surface area contributed by atoms with Gasteiger partial charge in [-0.1, -0.05) is 11.6 Å². The van der Waals surface area contributed by atoms with E-state index in [1.807, 2.05) is 4.90 Å². The third-order valence-electron chi connectivity index (χ3n) is 6.49. The van der Waals surface area contributed by atoms with Crippen LogP contribution in [0.25, 0.3) is 22.4 Å². The summed E-state index contributed by atoms with van der Waals surface area (Å²) in [6.07, 6.45) is 6.17. The molecule has 0 saturated carbocycles. The van der Waals surface area contributed by atoms with E-state index in [4.69, 9.17) is 21.1 Å². The van der Waals surface area contributed by atoms with Gasteiger partial charge in [0.05, 0.1) is 31.0 Å². The summed E-state index contributed by atoms with van der Waals surface area (Å²) in [5.41, 5.74) is 1.80. The number of ether oxygens (including phenoxy) is 2. The summed E-state index contributed by atoms with van der Waals surface area (Å²) in [6, 6.07) is 6.92. The lowest BCUT2D eigenvalue weighted by molar-refractivity contribution is 0.0676. The number of benzene rings is 1. The van der Waals surface area contributed by atoms with E-state index in [1.54, 1.807) is 43.8 Å². The lowest BCUT2D eigenvalue weighted by Crippen LogP contribution is -2.42. The van der Waals surface area contributed by atoms with Crippen molar-refractivity contribution in [3.63, 3.8) is 0 Å². The van der Waals surface area contributed by atoms with E-state index in [0.29, 0.717) is 58.8 Å². The van der Waals surface area contributed by atoms with E-state index >= 15 is 0 Å². The maximum atomic E-state index is 14.6. The number of hydrogen-bond donors (Lipinski definition) is 2. The number of aromatic nitrogens is 4. The molecule has 1 aliphatic rings. The predicted molar refractivity (Wildman–Crippen MR) is 139 cm³/mol. The normalized spacial score (nSPS) is 15.6. The quantitative estimate of drug-likeness (QED) is 0.358. The zero-order valence-corrected chi connectivity index (χ0v) is 21.2. The number of halogens is 2. The van der Waals surface area contributed by atoms with E-state index in [0.717, 1.165) is 24.4 Å². The zero-order chi connectivity index (χ0) is 25.9. The van der Waals surface area contributed by atoms with Gasteiger partial charge in [-0.05, 0) is 37.0 Å². The molecule has 1 aliphatic heterocycles. The molecule has 0 bridgehead atoms. The number of likely N-dealkylation sites (tertiary alicyclic amines) is 1. The van der Waals surface area contributed by atoms with Gasteiger partial charge < -0.3 is 24.7 Å². The number of nitrogens with zero attached hydrogens (tertiary/aromatic N) is 4. The Labute approximate surface area is 218 Å². The van der Waals surface area contributed by atoms with Crippen molar-refractivity contribution < 1.29 is 18.7 Å². The highest BCUT2D eigenvalue weighted by atomic mass is 35.5. The van der Waals surface area contributed by atoms with E-state index in [1.165, 1.54) is 7.11 Å². The van der Waals surface area contributed by atoms with Gasteiger partial charge >= 0.3 is 0 Å². The summed E-state index contributed by atoms with van der Waals surface area (Å²) >= 11 is 6.10. The van der Waals surface area contributed by atoms with E-state index in [2.05, 4.69) is 25.3 Å². The maximum absolute atomic E-state index is 14.6. The van der Waals surface area contributed by atoms with Crippen LogP contribution >= 0.6 is 11.6 Å². The summed E-state index contributed by atoms with van der Waals surface area (Å²) in [7, 11) is 3.09. The Morgan fingerprint density at radius 2 is 2.11 bits per heavy atom. The average Bonchev–Trinajstić information content (AvgIpc) is 3.35.